The van der Waals surface area contributed by atoms with Crippen molar-refractivity contribution in [1.82, 2.24) is 0 Å². The first-order valence-electron chi connectivity index (χ1n) is 5.50. The topological polar surface area (TPSA) is 26.3 Å². The lowest BCUT2D eigenvalue weighted by Gasteiger charge is -2.26. The molecular weight excluding hydrogens is 208 g/mol. The average Bonchev–Trinajstić information content (AvgIpc) is 2.70. The summed E-state index contributed by atoms with van der Waals surface area (Å²) >= 11 is 1.45. The number of thiophene rings is 1. The Labute approximate surface area is 94.3 Å². The highest BCUT2D eigenvalue weighted by Gasteiger charge is 2.22. The minimum atomic E-state index is -0.149. The molecule has 0 spiro atoms. The fraction of sp³-hybridized carbons (Fsp3) is 0.583. The van der Waals surface area contributed by atoms with Crippen molar-refractivity contribution in [3.05, 3.63) is 22.4 Å². The molecule has 1 fully saturated rings. The van der Waals surface area contributed by atoms with Crippen LogP contribution in [-0.2, 0) is 4.74 Å². The van der Waals surface area contributed by atoms with E-state index in [9.17, 15) is 4.79 Å². The molecule has 2 atom stereocenters. The van der Waals surface area contributed by atoms with Gasteiger partial charge in [-0.2, -0.15) is 0 Å². The van der Waals surface area contributed by atoms with E-state index in [4.69, 9.17) is 4.74 Å². The van der Waals surface area contributed by atoms with Crippen molar-refractivity contribution in [2.24, 2.45) is 5.92 Å². The quantitative estimate of drug-likeness (QED) is 0.719. The van der Waals surface area contributed by atoms with E-state index in [1.165, 1.54) is 24.2 Å². The van der Waals surface area contributed by atoms with E-state index in [-0.39, 0.29) is 12.1 Å². The van der Waals surface area contributed by atoms with Gasteiger partial charge in [0.25, 0.3) is 0 Å². The van der Waals surface area contributed by atoms with Crippen LogP contribution in [0.5, 0.6) is 0 Å². The molecule has 82 valence electrons. The normalized spacial score (nSPS) is 26.2. The summed E-state index contributed by atoms with van der Waals surface area (Å²) in [6.07, 6.45) is 4.65. The maximum atomic E-state index is 11.7. The number of carbonyl (C=O) groups is 1. The molecule has 0 radical (unpaired) electrons. The fourth-order valence-electron chi connectivity index (χ4n) is 2.09. The Hall–Kier alpha value is -0.830. The van der Waals surface area contributed by atoms with Gasteiger partial charge in [-0.3, -0.25) is 0 Å². The van der Waals surface area contributed by atoms with Gasteiger partial charge in [0.1, 0.15) is 11.0 Å². The van der Waals surface area contributed by atoms with Crippen LogP contribution in [0.2, 0.25) is 0 Å². The maximum Gasteiger partial charge on any atom is 0.348 e. The van der Waals surface area contributed by atoms with Gasteiger partial charge in [-0.15, -0.1) is 11.3 Å². The minimum Gasteiger partial charge on any atom is -0.458 e. The summed E-state index contributed by atoms with van der Waals surface area (Å²) in [5.74, 6) is 0.545. The number of hydrogen-bond donors (Lipinski definition) is 0. The first-order valence-corrected chi connectivity index (χ1v) is 6.38. The molecule has 0 aromatic carbocycles. The Morgan fingerprint density at radius 2 is 2.40 bits per heavy atom. The third kappa shape index (κ3) is 2.81. The Morgan fingerprint density at radius 3 is 3.07 bits per heavy atom. The van der Waals surface area contributed by atoms with Crippen molar-refractivity contribution in [2.45, 2.75) is 38.7 Å². The maximum absolute atomic E-state index is 11.7. The van der Waals surface area contributed by atoms with E-state index in [2.05, 4.69) is 6.92 Å². The third-order valence-electron chi connectivity index (χ3n) is 2.88. The molecule has 0 saturated heterocycles. The van der Waals surface area contributed by atoms with Crippen molar-refractivity contribution >= 4 is 17.3 Å². The lowest BCUT2D eigenvalue weighted by atomic mass is 9.89. The van der Waals surface area contributed by atoms with E-state index >= 15 is 0 Å². The molecule has 15 heavy (non-hydrogen) atoms. The molecule has 0 N–H and O–H groups in total. The summed E-state index contributed by atoms with van der Waals surface area (Å²) in [4.78, 5) is 12.4. The number of hydrogen-bond acceptors (Lipinski definition) is 3. The lowest BCUT2D eigenvalue weighted by molar-refractivity contribution is 0.0160. The summed E-state index contributed by atoms with van der Waals surface area (Å²) in [5.41, 5.74) is 0. The molecule has 0 aliphatic heterocycles. The van der Waals surface area contributed by atoms with Gasteiger partial charge in [0, 0.05) is 0 Å². The zero-order valence-electron chi connectivity index (χ0n) is 8.94. The second-order valence-corrected chi connectivity index (χ2v) is 5.22. The van der Waals surface area contributed by atoms with E-state index in [1.54, 1.807) is 0 Å². The number of esters is 1. The van der Waals surface area contributed by atoms with Crippen molar-refractivity contribution in [3.8, 4) is 0 Å². The van der Waals surface area contributed by atoms with Gasteiger partial charge in [-0.05, 0) is 36.6 Å². The Morgan fingerprint density at radius 1 is 1.53 bits per heavy atom. The molecule has 0 amide bonds. The van der Waals surface area contributed by atoms with Crippen LogP contribution in [0.25, 0.3) is 0 Å². The highest BCUT2D eigenvalue weighted by molar-refractivity contribution is 7.11. The van der Waals surface area contributed by atoms with Crippen molar-refractivity contribution < 1.29 is 9.53 Å². The van der Waals surface area contributed by atoms with Crippen LogP contribution in [0.4, 0.5) is 0 Å². The lowest BCUT2D eigenvalue weighted by Crippen LogP contribution is -2.24. The van der Waals surface area contributed by atoms with Crippen LogP contribution in [-0.4, -0.2) is 12.1 Å². The highest BCUT2D eigenvalue weighted by atomic mass is 32.1. The second kappa shape index (κ2) is 4.79. The molecule has 1 saturated carbocycles. The van der Waals surface area contributed by atoms with Gasteiger partial charge in [-0.1, -0.05) is 19.4 Å². The van der Waals surface area contributed by atoms with Crippen LogP contribution in [0.3, 0.4) is 0 Å². The monoisotopic (exact) mass is 224 g/mol. The Balaban J connectivity index is 1.89. The predicted molar refractivity (Wildman–Crippen MR) is 61.2 cm³/mol. The number of carbonyl (C=O) groups excluding carboxylic acids is 1. The molecule has 1 aliphatic rings. The van der Waals surface area contributed by atoms with E-state index in [1.807, 2.05) is 17.5 Å². The average molecular weight is 224 g/mol. The molecule has 3 heteroatoms. The zero-order valence-corrected chi connectivity index (χ0v) is 9.76. The molecule has 1 aromatic rings. The molecule has 1 aromatic heterocycles. The van der Waals surface area contributed by atoms with Crippen molar-refractivity contribution in [1.29, 1.82) is 0 Å². The third-order valence-corrected chi connectivity index (χ3v) is 3.73. The Kier molecular flexibility index (Phi) is 3.41. The summed E-state index contributed by atoms with van der Waals surface area (Å²) in [5, 5.41) is 1.90. The number of ether oxygens (including phenoxy) is 1. The molecule has 1 aliphatic carbocycles. The van der Waals surface area contributed by atoms with Gasteiger partial charge >= 0.3 is 5.97 Å². The molecule has 2 nitrogen and oxygen atoms in total. The van der Waals surface area contributed by atoms with Crippen molar-refractivity contribution in [3.63, 3.8) is 0 Å². The Bertz CT molecular complexity index is 318. The molecular formula is C12H16O2S. The highest BCUT2D eigenvalue weighted by Crippen LogP contribution is 2.26. The predicted octanol–water partition coefficient (Wildman–Crippen LogP) is 3.48. The van der Waals surface area contributed by atoms with E-state index in [0.717, 1.165) is 12.8 Å². The molecule has 1 heterocycles. The van der Waals surface area contributed by atoms with Gasteiger partial charge in [0.05, 0.1) is 0 Å². The van der Waals surface area contributed by atoms with Crippen LogP contribution in [0.1, 0.15) is 42.3 Å². The SMILES string of the molecule is CC1CCCC(OC(=O)c2cccs2)C1. The van der Waals surface area contributed by atoms with Gasteiger partial charge in [0.15, 0.2) is 0 Å². The van der Waals surface area contributed by atoms with Gasteiger partial charge in [-0.25, -0.2) is 4.79 Å². The zero-order chi connectivity index (χ0) is 10.7. The largest absolute Gasteiger partial charge is 0.458 e. The fourth-order valence-corrected chi connectivity index (χ4v) is 2.69. The van der Waals surface area contributed by atoms with Crippen LogP contribution in [0, 0.1) is 5.92 Å². The summed E-state index contributed by atoms with van der Waals surface area (Å²) < 4.78 is 5.48. The van der Waals surface area contributed by atoms with Gasteiger partial charge in [0.2, 0.25) is 0 Å². The van der Waals surface area contributed by atoms with Gasteiger partial charge < -0.3 is 4.74 Å². The molecule has 2 unspecified atom stereocenters. The van der Waals surface area contributed by atoms with Crippen LogP contribution < -0.4 is 0 Å². The van der Waals surface area contributed by atoms with Crippen LogP contribution >= 0.6 is 11.3 Å². The summed E-state index contributed by atoms with van der Waals surface area (Å²) in [6, 6.07) is 3.70. The summed E-state index contributed by atoms with van der Waals surface area (Å²) in [7, 11) is 0. The minimum absolute atomic E-state index is 0.142. The summed E-state index contributed by atoms with van der Waals surface area (Å²) in [6.45, 7) is 2.23. The molecule has 2 rings (SSSR count). The smallest absolute Gasteiger partial charge is 0.348 e. The molecule has 0 bridgehead atoms. The second-order valence-electron chi connectivity index (χ2n) is 4.28. The number of rotatable bonds is 2. The standard InChI is InChI=1S/C12H16O2S/c1-9-4-2-5-10(8-9)14-12(13)11-6-3-7-15-11/h3,6-7,9-10H,2,4-5,8H2,1H3. The van der Waals surface area contributed by atoms with E-state index in [0.29, 0.717) is 10.8 Å². The van der Waals surface area contributed by atoms with Crippen molar-refractivity contribution in [2.75, 3.05) is 0 Å². The van der Waals surface area contributed by atoms with E-state index < -0.39 is 0 Å². The first kappa shape index (κ1) is 10.7. The first-order chi connectivity index (χ1) is 7.25. The van der Waals surface area contributed by atoms with Crippen LogP contribution in [0.15, 0.2) is 17.5 Å².